The lowest BCUT2D eigenvalue weighted by molar-refractivity contribution is 0.586. The molecular weight excluding hydrogens is 382 g/mol. The van der Waals surface area contributed by atoms with Crippen molar-refractivity contribution in [1.82, 2.24) is 9.78 Å². The lowest BCUT2D eigenvalue weighted by Crippen LogP contribution is -2.19. The minimum absolute atomic E-state index is 0.262. The summed E-state index contributed by atoms with van der Waals surface area (Å²) in [6.07, 6.45) is 1.74. The van der Waals surface area contributed by atoms with Crippen LogP contribution >= 0.6 is 35.4 Å². The predicted octanol–water partition coefficient (Wildman–Crippen LogP) is 5.19. The molecule has 0 saturated heterocycles. The van der Waals surface area contributed by atoms with Crippen LogP contribution in [-0.2, 0) is 6.54 Å². The molecule has 4 nitrogen and oxygen atoms in total. The number of thiocarbonyl (C=S) groups is 1. The Morgan fingerprint density at radius 2 is 1.92 bits per heavy atom. The van der Waals surface area contributed by atoms with Gasteiger partial charge in [-0.05, 0) is 36.5 Å². The molecule has 3 rings (SSSR count). The second-order valence-corrected chi connectivity index (χ2v) is 6.45. The topological polar surface area (TPSA) is 41.9 Å². The van der Waals surface area contributed by atoms with E-state index >= 15 is 0 Å². The van der Waals surface area contributed by atoms with Gasteiger partial charge in [-0.3, -0.25) is 4.68 Å². The van der Waals surface area contributed by atoms with Crippen molar-refractivity contribution in [3.8, 4) is 0 Å². The van der Waals surface area contributed by atoms with Gasteiger partial charge in [-0.1, -0.05) is 41.4 Å². The molecule has 128 valence electrons. The number of hydrogen-bond donors (Lipinski definition) is 2. The van der Waals surface area contributed by atoms with Gasteiger partial charge in [0.05, 0.1) is 17.3 Å². The number of nitrogens with one attached hydrogen (secondary N) is 2. The highest BCUT2D eigenvalue weighted by Gasteiger charge is 2.07. The molecule has 2 N–H and O–H groups in total. The summed E-state index contributed by atoms with van der Waals surface area (Å²) in [4.78, 5) is 0. The molecule has 3 aromatic rings. The van der Waals surface area contributed by atoms with E-state index in [4.69, 9.17) is 35.4 Å². The van der Waals surface area contributed by atoms with Gasteiger partial charge in [-0.2, -0.15) is 5.10 Å². The van der Waals surface area contributed by atoms with E-state index in [9.17, 15) is 4.39 Å². The molecule has 0 atom stereocenters. The maximum Gasteiger partial charge on any atom is 0.176 e. The lowest BCUT2D eigenvalue weighted by atomic mass is 10.2. The van der Waals surface area contributed by atoms with E-state index < -0.39 is 0 Å². The van der Waals surface area contributed by atoms with Gasteiger partial charge in [0.15, 0.2) is 10.9 Å². The molecular formula is C17H13Cl2FN4S. The van der Waals surface area contributed by atoms with Crippen LogP contribution < -0.4 is 10.6 Å². The van der Waals surface area contributed by atoms with Crippen molar-refractivity contribution in [2.24, 2.45) is 0 Å². The number of hydrogen-bond acceptors (Lipinski definition) is 2. The average Bonchev–Trinajstić information content (AvgIpc) is 2.99. The van der Waals surface area contributed by atoms with Crippen molar-refractivity contribution in [1.29, 1.82) is 0 Å². The first-order chi connectivity index (χ1) is 12.0. The van der Waals surface area contributed by atoms with Gasteiger partial charge in [-0.15, -0.1) is 0 Å². The fraction of sp³-hybridized carbons (Fsp3) is 0.0588. The largest absolute Gasteiger partial charge is 0.331 e. The van der Waals surface area contributed by atoms with Crippen molar-refractivity contribution in [3.05, 3.63) is 76.2 Å². The summed E-state index contributed by atoms with van der Waals surface area (Å²) in [7, 11) is 0. The van der Waals surface area contributed by atoms with E-state index in [1.807, 2.05) is 0 Å². The number of nitrogens with zero attached hydrogens (tertiary/aromatic N) is 2. The molecule has 0 fully saturated rings. The third-order valence-electron chi connectivity index (χ3n) is 3.35. The Hall–Kier alpha value is -2.15. The predicted molar refractivity (Wildman–Crippen MR) is 104 cm³/mol. The van der Waals surface area contributed by atoms with Gasteiger partial charge in [0.25, 0.3) is 0 Å². The Bertz CT molecular complexity index is 913. The van der Waals surface area contributed by atoms with Crippen LogP contribution in [-0.4, -0.2) is 14.9 Å². The lowest BCUT2D eigenvalue weighted by Gasteiger charge is -2.10. The highest BCUT2D eigenvalue weighted by molar-refractivity contribution is 7.80. The molecule has 0 aliphatic carbocycles. The second-order valence-electron chi connectivity index (χ2n) is 5.19. The molecule has 0 unspecified atom stereocenters. The number of rotatable bonds is 4. The molecule has 0 aliphatic heterocycles. The summed E-state index contributed by atoms with van der Waals surface area (Å²) >= 11 is 17.2. The normalized spacial score (nSPS) is 10.5. The highest BCUT2D eigenvalue weighted by Crippen LogP contribution is 2.25. The molecule has 0 bridgehead atoms. The molecule has 1 heterocycles. The summed E-state index contributed by atoms with van der Waals surface area (Å²) in [6, 6.07) is 13.4. The molecule has 0 saturated carbocycles. The standard InChI is InChI=1S/C17H13Cl2FN4S/c18-12-5-6-15(13(19)9-12)21-17(25)22-16-7-8-24(23-16)10-11-3-1-2-4-14(11)20/h1-9H,10H2,(H2,21,22,23,25). The summed E-state index contributed by atoms with van der Waals surface area (Å²) < 4.78 is 15.3. The second kappa shape index (κ2) is 7.82. The van der Waals surface area contributed by atoms with Crippen LogP contribution in [0.4, 0.5) is 15.9 Å². The average molecular weight is 395 g/mol. The molecule has 25 heavy (non-hydrogen) atoms. The van der Waals surface area contributed by atoms with Crippen molar-refractivity contribution < 1.29 is 4.39 Å². The quantitative estimate of drug-likeness (QED) is 0.597. The smallest absolute Gasteiger partial charge is 0.176 e. The van der Waals surface area contributed by atoms with Crippen molar-refractivity contribution >= 4 is 52.0 Å². The monoisotopic (exact) mass is 394 g/mol. The number of aromatic nitrogens is 2. The van der Waals surface area contributed by atoms with Crippen LogP contribution in [0.5, 0.6) is 0 Å². The first kappa shape index (κ1) is 17.7. The van der Waals surface area contributed by atoms with Gasteiger partial charge in [0, 0.05) is 22.8 Å². The van der Waals surface area contributed by atoms with E-state index in [-0.39, 0.29) is 5.82 Å². The molecule has 0 radical (unpaired) electrons. The van der Waals surface area contributed by atoms with Crippen molar-refractivity contribution in [2.45, 2.75) is 6.54 Å². The van der Waals surface area contributed by atoms with Crippen LogP contribution in [0.1, 0.15) is 5.56 Å². The van der Waals surface area contributed by atoms with Crippen molar-refractivity contribution in [3.63, 3.8) is 0 Å². The first-order valence-corrected chi connectivity index (χ1v) is 8.47. The zero-order valence-corrected chi connectivity index (χ0v) is 15.2. The zero-order valence-electron chi connectivity index (χ0n) is 12.8. The van der Waals surface area contributed by atoms with Gasteiger partial charge in [0.1, 0.15) is 5.82 Å². The summed E-state index contributed by atoms with van der Waals surface area (Å²) in [5, 5.41) is 11.6. The Labute approximate surface area is 159 Å². The molecule has 0 spiro atoms. The Kier molecular flexibility index (Phi) is 5.53. The van der Waals surface area contributed by atoms with Crippen LogP contribution in [0.2, 0.25) is 10.0 Å². The minimum Gasteiger partial charge on any atom is -0.331 e. The highest BCUT2D eigenvalue weighted by atomic mass is 35.5. The maximum atomic E-state index is 13.7. The van der Waals surface area contributed by atoms with Crippen LogP contribution in [0.25, 0.3) is 0 Å². The minimum atomic E-state index is -0.262. The van der Waals surface area contributed by atoms with E-state index in [1.54, 1.807) is 53.3 Å². The number of halogens is 3. The van der Waals surface area contributed by atoms with Gasteiger partial charge >= 0.3 is 0 Å². The van der Waals surface area contributed by atoms with Gasteiger partial charge in [0.2, 0.25) is 0 Å². The summed E-state index contributed by atoms with van der Waals surface area (Å²) in [5.74, 6) is 0.279. The molecule has 2 aromatic carbocycles. The molecule has 0 amide bonds. The SMILES string of the molecule is Fc1ccccc1Cn1ccc(NC(=S)Nc2ccc(Cl)cc2Cl)n1. The van der Waals surface area contributed by atoms with Crippen molar-refractivity contribution in [2.75, 3.05) is 10.6 Å². The van der Waals surface area contributed by atoms with E-state index in [0.29, 0.717) is 38.8 Å². The van der Waals surface area contributed by atoms with E-state index in [2.05, 4.69) is 15.7 Å². The summed E-state index contributed by atoms with van der Waals surface area (Å²) in [6.45, 7) is 0.331. The van der Waals surface area contributed by atoms with Gasteiger partial charge < -0.3 is 10.6 Å². The summed E-state index contributed by atoms with van der Waals surface area (Å²) in [5.41, 5.74) is 1.19. The zero-order chi connectivity index (χ0) is 17.8. The van der Waals surface area contributed by atoms with Crippen LogP contribution in [0, 0.1) is 5.82 Å². The fourth-order valence-corrected chi connectivity index (χ4v) is 2.85. The first-order valence-electron chi connectivity index (χ1n) is 7.31. The van der Waals surface area contributed by atoms with Gasteiger partial charge in [-0.25, -0.2) is 4.39 Å². The molecule has 8 heteroatoms. The van der Waals surface area contributed by atoms with E-state index in [1.165, 1.54) is 6.07 Å². The van der Waals surface area contributed by atoms with E-state index in [0.717, 1.165) is 0 Å². The number of benzene rings is 2. The number of anilines is 2. The molecule has 1 aromatic heterocycles. The maximum absolute atomic E-state index is 13.7. The molecule has 0 aliphatic rings. The third-order valence-corrected chi connectivity index (χ3v) is 4.10. The Morgan fingerprint density at radius 1 is 1.12 bits per heavy atom. The fourth-order valence-electron chi connectivity index (χ4n) is 2.18. The van der Waals surface area contributed by atoms with Crippen LogP contribution in [0.15, 0.2) is 54.7 Å². The Morgan fingerprint density at radius 3 is 2.68 bits per heavy atom. The Balaban J connectivity index is 1.63. The third kappa shape index (κ3) is 4.69. The van der Waals surface area contributed by atoms with Crippen LogP contribution in [0.3, 0.4) is 0 Å².